The summed E-state index contributed by atoms with van der Waals surface area (Å²) >= 11 is 1.40. The average Bonchev–Trinajstić information content (AvgIpc) is 3.36. The van der Waals surface area contributed by atoms with Gasteiger partial charge in [-0.3, -0.25) is 14.6 Å². The second-order valence-corrected chi connectivity index (χ2v) is 10.8. The molecule has 9 nitrogen and oxygen atoms in total. The summed E-state index contributed by atoms with van der Waals surface area (Å²) in [4.78, 5) is 24.8. The van der Waals surface area contributed by atoms with Crippen molar-refractivity contribution in [2.24, 2.45) is 5.73 Å². The minimum Gasteiger partial charge on any atom is -0.324 e. The van der Waals surface area contributed by atoms with Crippen LogP contribution in [-0.4, -0.2) is 34.1 Å². The number of hydrazine groups is 1. The van der Waals surface area contributed by atoms with E-state index < -0.39 is 6.04 Å². The van der Waals surface area contributed by atoms with Crippen LogP contribution >= 0.6 is 11.3 Å². The van der Waals surface area contributed by atoms with Crippen LogP contribution in [0.1, 0.15) is 53.9 Å². The number of carbonyl (C=O) groups excluding carboxylic acids is 2. The van der Waals surface area contributed by atoms with Crippen LogP contribution in [-0.2, 0) is 28.9 Å². The molecule has 40 heavy (non-hydrogen) atoms. The van der Waals surface area contributed by atoms with Gasteiger partial charge >= 0.3 is 0 Å². The molecule has 0 fully saturated rings. The first-order valence-corrected chi connectivity index (χ1v) is 14.0. The van der Waals surface area contributed by atoms with Gasteiger partial charge in [-0.1, -0.05) is 53.8 Å². The fourth-order valence-electron chi connectivity index (χ4n) is 4.24. The van der Waals surface area contributed by atoms with E-state index in [0.29, 0.717) is 28.5 Å². The van der Waals surface area contributed by atoms with E-state index in [1.807, 2.05) is 49.5 Å². The Hall–Kier alpha value is -4.09. The number of hydrogen-bond acceptors (Lipinski definition) is 8. The van der Waals surface area contributed by atoms with Crippen LogP contribution in [0.5, 0.6) is 0 Å². The van der Waals surface area contributed by atoms with Crippen LogP contribution in [0, 0.1) is 5.82 Å². The quantitative estimate of drug-likeness (QED) is 0.244. The maximum Gasteiger partial charge on any atom is 0.230 e. The number of hydrogen-bond donors (Lipinski definition) is 4. The summed E-state index contributed by atoms with van der Waals surface area (Å²) < 4.78 is 13.9. The summed E-state index contributed by atoms with van der Waals surface area (Å²) in [6, 6.07) is 13.7. The topological polar surface area (TPSA) is 125 Å². The summed E-state index contributed by atoms with van der Waals surface area (Å²) in [6.45, 7) is 1.71. The lowest BCUT2D eigenvalue weighted by Crippen LogP contribution is -2.42. The van der Waals surface area contributed by atoms with Gasteiger partial charge < -0.3 is 21.8 Å². The highest BCUT2D eigenvalue weighted by Gasteiger charge is 2.16. The monoisotopic (exact) mass is 563 g/mol. The number of benzene rings is 2. The first kappa shape index (κ1) is 28.9. The number of rotatable bonds is 12. The largest absolute Gasteiger partial charge is 0.324 e. The number of anilines is 1. The number of aromatic nitrogens is 2. The molecule has 0 saturated carbocycles. The number of nitrogens with two attached hydrogens (primary N) is 1. The summed E-state index contributed by atoms with van der Waals surface area (Å²) in [5.74, 6) is -0.0553. The Bertz CT molecular complexity index is 1390. The lowest BCUT2D eigenvalue weighted by Gasteiger charge is -2.29. The van der Waals surface area contributed by atoms with Crippen LogP contribution in [0.2, 0.25) is 0 Å². The Morgan fingerprint density at radius 2 is 1.73 bits per heavy atom. The number of amides is 2. The van der Waals surface area contributed by atoms with E-state index in [-0.39, 0.29) is 24.1 Å². The zero-order valence-electron chi connectivity index (χ0n) is 22.6. The van der Waals surface area contributed by atoms with Gasteiger partial charge in [0.15, 0.2) is 0 Å². The number of carbonyl (C=O) groups is 2. The second kappa shape index (κ2) is 13.8. The van der Waals surface area contributed by atoms with Gasteiger partial charge in [-0.15, -0.1) is 10.2 Å². The SMILES string of the molecule is CC(N)c1cc(CC(=O)NC2=CC=C(CCCCc3nnc(NC(=O)Cc4ccccc4)s3)NN2C)ccc1F. The third kappa shape index (κ3) is 8.45. The molecule has 4 rings (SSSR count). The van der Waals surface area contributed by atoms with E-state index >= 15 is 0 Å². The Morgan fingerprint density at radius 3 is 2.48 bits per heavy atom. The van der Waals surface area contributed by atoms with Gasteiger partial charge in [-0.25, -0.2) is 4.39 Å². The van der Waals surface area contributed by atoms with Gasteiger partial charge in [0.25, 0.3) is 0 Å². The van der Waals surface area contributed by atoms with Crippen molar-refractivity contribution in [3.8, 4) is 0 Å². The molecule has 1 unspecified atom stereocenters. The van der Waals surface area contributed by atoms with Crippen LogP contribution in [0.25, 0.3) is 0 Å². The van der Waals surface area contributed by atoms with E-state index in [2.05, 4.69) is 26.3 Å². The molecular formula is C29H34FN7O2S. The van der Waals surface area contributed by atoms with Crippen molar-refractivity contribution in [1.82, 2.24) is 25.9 Å². The van der Waals surface area contributed by atoms with Crippen molar-refractivity contribution in [2.75, 3.05) is 12.4 Å². The first-order chi connectivity index (χ1) is 19.3. The molecule has 1 atom stereocenters. The third-order valence-electron chi connectivity index (χ3n) is 6.31. The first-order valence-electron chi connectivity index (χ1n) is 13.2. The molecular weight excluding hydrogens is 529 g/mol. The lowest BCUT2D eigenvalue weighted by atomic mass is 10.0. The maximum absolute atomic E-state index is 13.9. The minimum atomic E-state index is -0.448. The normalized spacial score (nSPS) is 13.7. The van der Waals surface area contributed by atoms with E-state index in [1.54, 1.807) is 24.1 Å². The molecule has 1 aliphatic rings. The zero-order valence-corrected chi connectivity index (χ0v) is 23.4. The van der Waals surface area contributed by atoms with Crippen molar-refractivity contribution in [3.05, 3.63) is 99.7 Å². The Balaban J connectivity index is 1.19. The van der Waals surface area contributed by atoms with Gasteiger partial charge in [0.05, 0.1) is 12.8 Å². The maximum atomic E-state index is 13.9. The van der Waals surface area contributed by atoms with E-state index in [1.165, 1.54) is 17.4 Å². The highest BCUT2D eigenvalue weighted by molar-refractivity contribution is 7.15. The average molecular weight is 564 g/mol. The predicted molar refractivity (Wildman–Crippen MR) is 154 cm³/mol. The molecule has 3 aromatic rings. The molecule has 0 saturated heterocycles. The van der Waals surface area contributed by atoms with E-state index in [0.717, 1.165) is 42.0 Å². The van der Waals surface area contributed by atoms with Crippen molar-refractivity contribution in [2.45, 2.75) is 51.5 Å². The van der Waals surface area contributed by atoms with Gasteiger partial charge in [-0.05, 0) is 55.5 Å². The fourth-order valence-corrected chi connectivity index (χ4v) is 5.03. The van der Waals surface area contributed by atoms with Crippen molar-refractivity contribution in [3.63, 3.8) is 0 Å². The Morgan fingerprint density at radius 1 is 1.00 bits per heavy atom. The van der Waals surface area contributed by atoms with E-state index in [4.69, 9.17) is 5.73 Å². The molecule has 210 valence electrons. The number of allylic oxidation sites excluding steroid dienone is 3. The Labute approximate surface area is 237 Å². The molecule has 2 heterocycles. The summed E-state index contributed by atoms with van der Waals surface area (Å²) in [7, 11) is 1.83. The van der Waals surface area contributed by atoms with Crippen LogP contribution in [0.4, 0.5) is 9.52 Å². The smallest absolute Gasteiger partial charge is 0.230 e. The molecule has 0 spiro atoms. The van der Waals surface area contributed by atoms with Crippen molar-refractivity contribution >= 4 is 28.3 Å². The highest BCUT2D eigenvalue weighted by Crippen LogP contribution is 2.20. The molecule has 11 heteroatoms. The van der Waals surface area contributed by atoms with Crippen LogP contribution in [0.3, 0.4) is 0 Å². The molecule has 0 radical (unpaired) electrons. The summed E-state index contributed by atoms with van der Waals surface area (Å²) in [5.41, 5.74) is 12.2. The molecule has 5 N–H and O–H groups in total. The van der Waals surface area contributed by atoms with Crippen molar-refractivity contribution in [1.29, 1.82) is 0 Å². The van der Waals surface area contributed by atoms with Crippen LogP contribution in [0.15, 0.2) is 72.2 Å². The number of aryl methyl sites for hydroxylation is 1. The fraction of sp³-hybridized carbons (Fsp3) is 0.310. The van der Waals surface area contributed by atoms with Gasteiger partial charge in [0.2, 0.25) is 16.9 Å². The van der Waals surface area contributed by atoms with Crippen molar-refractivity contribution < 1.29 is 14.0 Å². The van der Waals surface area contributed by atoms with Crippen LogP contribution < -0.4 is 21.8 Å². The zero-order chi connectivity index (χ0) is 28.5. The van der Waals surface area contributed by atoms with E-state index in [9.17, 15) is 14.0 Å². The molecule has 2 amide bonds. The number of halogens is 1. The lowest BCUT2D eigenvalue weighted by molar-refractivity contribution is -0.120. The summed E-state index contributed by atoms with van der Waals surface area (Å²) in [6.07, 6.45) is 7.69. The molecule has 2 aromatic carbocycles. The number of unbranched alkanes of at least 4 members (excludes halogenated alkanes) is 1. The molecule has 0 bridgehead atoms. The van der Waals surface area contributed by atoms with Gasteiger partial charge in [0.1, 0.15) is 16.6 Å². The van der Waals surface area contributed by atoms with Gasteiger partial charge in [0, 0.05) is 30.8 Å². The third-order valence-corrected chi connectivity index (χ3v) is 7.20. The number of nitrogens with zero attached hydrogens (tertiary/aromatic N) is 3. The molecule has 0 aliphatic carbocycles. The minimum absolute atomic E-state index is 0.109. The number of nitrogens with one attached hydrogen (secondary N) is 3. The van der Waals surface area contributed by atoms with Gasteiger partial charge in [-0.2, -0.15) is 0 Å². The second-order valence-electron chi connectivity index (χ2n) is 9.70. The Kier molecular flexibility index (Phi) is 9.98. The molecule has 1 aliphatic heterocycles. The highest BCUT2D eigenvalue weighted by atomic mass is 32.1. The standard InChI is InChI=1S/C29H34FN7O2S/c1-19(31)23-16-21(12-14-24(23)30)18-26(38)32-25-15-13-22(36-37(25)2)10-6-7-11-28-34-35-29(40-28)33-27(39)17-20-8-4-3-5-9-20/h3-5,8-9,12-16,19,36H,6-7,10-11,17-18,31H2,1-2H3,(H,32,38)(H,33,35,39). The summed E-state index contributed by atoms with van der Waals surface area (Å²) in [5, 5.41) is 17.2. The molecule has 1 aromatic heterocycles. The predicted octanol–water partition coefficient (Wildman–Crippen LogP) is 4.13.